The summed E-state index contributed by atoms with van der Waals surface area (Å²) in [5.74, 6) is 0. The van der Waals surface area contributed by atoms with E-state index in [0.717, 1.165) is 25.1 Å². The molecule has 2 nitrogen and oxygen atoms in total. The molecule has 1 N–H and O–H groups in total. The van der Waals surface area contributed by atoms with Crippen LogP contribution in [0.15, 0.2) is 79.0 Å². The second-order valence-electron chi connectivity index (χ2n) is 6.91. The Morgan fingerprint density at radius 2 is 1.50 bits per heavy atom. The summed E-state index contributed by atoms with van der Waals surface area (Å²) >= 11 is 12.8. The van der Waals surface area contributed by atoms with Gasteiger partial charge in [0.25, 0.3) is 0 Å². The summed E-state index contributed by atoms with van der Waals surface area (Å²) in [5.41, 5.74) is 4.78. The van der Waals surface area contributed by atoms with Crippen LogP contribution in [0, 0.1) is 0 Å². The SMILES string of the molecule is Clc1cccc(Cl)c1Cn1cc(CNCCc2ccccc2)c2ccccc21. The lowest BCUT2D eigenvalue weighted by atomic mass is 10.1. The maximum atomic E-state index is 6.39. The largest absolute Gasteiger partial charge is 0.343 e. The van der Waals surface area contributed by atoms with Gasteiger partial charge in [0.15, 0.2) is 0 Å². The number of hydrogen-bond acceptors (Lipinski definition) is 1. The van der Waals surface area contributed by atoms with E-state index in [1.807, 2.05) is 18.2 Å². The minimum atomic E-state index is 0.656. The minimum absolute atomic E-state index is 0.656. The highest BCUT2D eigenvalue weighted by Gasteiger charge is 2.11. The van der Waals surface area contributed by atoms with E-state index >= 15 is 0 Å². The Morgan fingerprint density at radius 1 is 0.786 bits per heavy atom. The van der Waals surface area contributed by atoms with Crippen molar-refractivity contribution in [1.82, 2.24) is 9.88 Å². The van der Waals surface area contributed by atoms with E-state index in [4.69, 9.17) is 23.2 Å². The molecule has 142 valence electrons. The topological polar surface area (TPSA) is 17.0 Å². The van der Waals surface area contributed by atoms with Gasteiger partial charge in [0.05, 0.1) is 6.54 Å². The van der Waals surface area contributed by atoms with Gasteiger partial charge in [0.1, 0.15) is 0 Å². The fourth-order valence-corrected chi connectivity index (χ4v) is 4.07. The lowest BCUT2D eigenvalue weighted by Crippen LogP contribution is -2.16. The molecule has 4 heteroatoms. The van der Waals surface area contributed by atoms with Crippen LogP contribution in [0.25, 0.3) is 10.9 Å². The molecule has 0 spiro atoms. The van der Waals surface area contributed by atoms with Gasteiger partial charge < -0.3 is 9.88 Å². The first kappa shape index (κ1) is 19.1. The van der Waals surface area contributed by atoms with Crippen molar-refractivity contribution in [3.05, 3.63) is 106 Å². The third-order valence-corrected chi connectivity index (χ3v) is 5.72. The Hall–Kier alpha value is -2.26. The number of rotatable bonds is 7. The molecule has 4 aromatic rings. The Balaban J connectivity index is 1.51. The van der Waals surface area contributed by atoms with Crippen molar-refractivity contribution >= 4 is 34.1 Å². The van der Waals surface area contributed by atoms with Crippen molar-refractivity contribution in [1.29, 1.82) is 0 Å². The summed E-state index contributed by atoms with van der Waals surface area (Å²) in [6.07, 6.45) is 3.23. The Morgan fingerprint density at radius 3 is 2.29 bits per heavy atom. The van der Waals surface area contributed by atoms with Gasteiger partial charge in [0.2, 0.25) is 0 Å². The molecule has 3 aromatic carbocycles. The zero-order chi connectivity index (χ0) is 19.3. The van der Waals surface area contributed by atoms with Gasteiger partial charge in [-0.3, -0.25) is 0 Å². The van der Waals surface area contributed by atoms with Crippen molar-refractivity contribution in [2.75, 3.05) is 6.54 Å². The second-order valence-corrected chi connectivity index (χ2v) is 7.73. The molecule has 0 atom stereocenters. The highest BCUT2D eigenvalue weighted by Crippen LogP contribution is 2.28. The average molecular weight is 409 g/mol. The van der Waals surface area contributed by atoms with Gasteiger partial charge in [0, 0.05) is 39.3 Å². The van der Waals surface area contributed by atoms with E-state index in [0.29, 0.717) is 16.6 Å². The number of benzene rings is 3. The maximum Gasteiger partial charge on any atom is 0.0505 e. The van der Waals surface area contributed by atoms with Gasteiger partial charge >= 0.3 is 0 Å². The first-order valence-corrected chi connectivity index (χ1v) is 10.2. The van der Waals surface area contributed by atoms with Crippen molar-refractivity contribution < 1.29 is 0 Å². The Bertz CT molecular complexity index is 1050. The van der Waals surface area contributed by atoms with E-state index in [1.165, 1.54) is 22.0 Å². The van der Waals surface area contributed by atoms with Crippen LogP contribution in [0.5, 0.6) is 0 Å². The first-order valence-electron chi connectivity index (χ1n) is 9.46. The molecule has 0 radical (unpaired) electrons. The molecule has 0 bridgehead atoms. The van der Waals surface area contributed by atoms with Gasteiger partial charge in [-0.05, 0) is 42.3 Å². The summed E-state index contributed by atoms with van der Waals surface area (Å²) in [6, 6.07) is 24.7. The molecule has 0 aliphatic carbocycles. The van der Waals surface area contributed by atoms with E-state index < -0.39 is 0 Å². The second kappa shape index (κ2) is 8.83. The van der Waals surface area contributed by atoms with Crippen molar-refractivity contribution in [2.24, 2.45) is 0 Å². The molecule has 0 aliphatic rings. The van der Waals surface area contributed by atoms with E-state index in [1.54, 1.807) is 0 Å². The quantitative estimate of drug-likeness (QED) is 0.353. The van der Waals surface area contributed by atoms with Gasteiger partial charge in [-0.1, -0.05) is 77.8 Å². The van der Waals surface area contributed by atoms with Crippen molar-refractivity contribution in [3.8, 4) is 0 Å². The van der Waals surface area contributed by atoms with E-state index in [-0.39, 0.29) is 0 Å². The number of nitrogens with one attached hydrogen (secondary N) is 1. The third-order valence-electron chi connectivity index (χ3n) is 5.01. The number of aromatic nitrogens is 1. The van der Waals surface area contributed by atoms with Gasteiger partial charge in [-0.25, -0.2) is 0 Å². The maximum absolute atomic E-state index is 6.39. The lowest BCUT2D eigenvalue weighted by Gasteiger charge is -2.09. The molecular weight excluding hydrogens is 387 g/mol. The molecule has 4 rings (SSSR count). The molecular formula is C24H22Cl2N2. The molecule has 0 saturated carbocycles. The molecule has 0 fully saturated rings. The first-order chi connectivity index (χ1) is 13.7. The summed E-state index contributed by atoms with van der Waals surface area (Å²) in [7, 11) is 0. The Kier molecular flexibility index (Phi) is 6.01. The normalized spacial score (nSPS) is 11.2. The molecule has 28 heavy (non-hydrogen) atoms. The predicted molar refractivity (Wildman–Crippen MR) is 119 cm³/mol. The average Bonchev–Trinajstić information content (AvgIpc) is 3.07. The van der Waals surface area contributed by atoms with Crippen LogP contribution >= 0.6 is 23.2 Å². The lowest BCUT2D eigenvalue weighted by molar-refractivity contribution is 0.686. The van der Waals surface area contributed by atoms with Gasteiger partial charge in [-0.15, -0.1) is 0 Å². The van der Waals surface area contributed by atoms with Crippen molar-refractivity contribution in [3.63, 3.8) is 0 Å². The van der Waals surface area contributed by atoms with Crippen LogP contribution in [0.4, 0.5) is 0 Å². The van der Waals surface area contributed by atoms with Crippen LogP contribution < -0.4 is 5.32 Å². The fourth-order valence-electron chi connectivity index (χ4n) is 3.55. The molecule has 0 unspecified atom stereocenters. The summed E-state index contributed by atoms with van der Waals surface area (Å²) in [5, 5.41) is 6.24. The van der Waals surface area contributed by atoms with Crippen LogP contribution in [0.1, 0.15) is 16.7 Å². The molecule has 0 aliphatic heterocycles. The molecule has 0 amide bonds. The van der Waals surface area contributed by atoms with Crippen LogP contribution in [0.2, 0.25) is 10.0 Å². The van der Waals surface area contributed by atoms with E-state index in [9.17, 15) is 0 Å². The standard InChI is InChI=1S/C24H22Cl2N2/c25-22-10-6-11-23(26)21(22)17-28-16-19(20-9-4-5-12-24(20)28)15-27-14-13-18-7-2-1-3-8-18/h1-12,16,27H,13-15,17H2. The number of fused-ring (bicyclic) bond motifs is 1. The van der Waals surface area contributed by atoms with Crippen LogP contribution in [0.3, 0.4) is 0 Å². The summed E-state index contributed by atoms with van der Waals surface area (Å²) < 4.78 is 2.23. The summed E-state index contributed by atoms with van der Waals surface area (Å²) in [6.45, 7) is 2.43. The smallest absolute Gasteiger partial charge is 0.0505 e. The highest BCUT2D eigenvalue weighted by molar-refractivity contribution is 6.36. The Labute approximate surface area is 175 Å². The number of nitrogens with zero attached hydrogens (tertiary/aromatic N) is 1. The number of para-hydroxylation sites is 1. The monoisotopic (exact) mass is 408 g/mol. The van der Waals surface area contributed by atoms with Crippen LogP contribution in [-0.4, -0.2) is 11.1 Å². The highest BCUT2D eigenvalue weighted by atomic mass is 35.5. The zero-order valence-electron chi connectivity index (χ0n) is 15.5. The number of halogens is 2. The zero-order valence-corrected chi connectivity index (χ0v) is 17.0. The minimum Gasteiger partial charge on any atom is -0.343 e. The van der Waals surface area contributed by atoms with Crippen molar-refractivity contribution in [2.45, 2.75) is 19.5 Å². The molecule has 0 saturated heterocycles. The summed E-state index contributed by atoms with van der Waals surface area (Å²) in [4.78, 5) is 0. The predicted octanol–water partition coefficient (Wildman–Crippen LogP) is 6.33. The van der Waals surface area contributed by atoms with Crippen LogP contribution in [-0.2, 0) is 19.5 Å². The van der Waals surface area contributed by atoms with Gasteiger partial charge in [-0.2, -0.15) is 0 Å². The fraction of sp³-hybridized carbons (Fsp3) is 0.167. The molecule has 1 aromatic heterocycles. The third kappa shape index (κ3) is 4.25. The van der Waals surface area contributed by atoms with E-state index in [2.05, 4.69) is 70.7 Å². The molecule has 1 heterocycles. The number of hydrogen-bond donors (Lipinski definition) is 1.